The van der Waals surface area contributed by atoms with E-state index in [2.05, 4.69) is 22.0 Å². The van der Waals surface area contributed by atoms with Crippen molar-refractivity contribution in [1.29, 1.82) is 0 Å². The molecule has 1 N–H and O–H groups in total. The molecule has 1 aromatic rings. The second-order valence-corrected chi connectivity index (χ2v) is 4.14. The van der Waals surface area contributed by atoms with Crippen molar-refractivity contribution in [1.82, 2.24) is 10.3 Å². The van der Waals surface area contributed by atoms with Crippen molar-refractivity contribution < 1.29 is 9.53 Å². The molecule has 84 valence electrons. The minimum Gasteiger partial charge on any atom is -0.468 e. The molecule has 1 atom stereocenters. The standard InChI is InChI=1S/C10H16N2O2S/c1-4-9-12-8(6-15-9)7(2)11-5-10(13)14-3/h6-7,11H,4-5H2,1-3H3. The quantitative estimate of drug-likeness (QED) is 0.776. The van der Waals surface area contributed by atoms with E-state index in [0.717, 1.165) is 17.1 Å². The molecule has 1 heterocycles. The molecule has 0 amide bonds. The van der Waals surface area contributed by atoms with E-state index in [-0.39, 0.29) is 18.6 Å². The predicted molar refractivity (Wildman–Crippen MR) is 59.9 cm³/mol. The Kier molecular flexibility index (Phi) is 4.71. The molecule has 5 heteroatoms. The van der Waals surface area contributed by atoms with Crippen molar-refractivity contribution in [2.45, 2.75) is 26.3 Å². The first-order valence-corrected chi connectivity index (χ1v) is 5.79. The van der Waals surface area contributed by atoms with E-state index in [1.165, 1.54) is 7.11 Å². The maximum Gasteiger partial charge on any atom is 0.319 e. The number of aromatic nitrogens is 1. The summed E-state index contributed by atoms with van der Waals surface area (Å²) in [5, 5.41) is 6.20. The van der Waals surface area contributed by atoms with E-state index < -0.39 is 0 Å². The zero-order valence-electron chi connectivity index (χ0n) is 9.24. The number of methoxy groups -OCH3 is 1. The summed E-state index contributed by atoms with van der Waals surface area (Å²) in [6.45, 7) is 4.28. The van der Waals surface area contributed by atoms with Crippen LogP contribution < -0.4 is 5.32 Å². The maximum absolute atomic E-state index is 10.9. The van der Waals surface area contributed by atoms with Crippen molar-refractivity contribution in [3.05, 3.63) is 16.1 Å². The molecule has 0 aliphatic rings. The van der Waals surface area contributed by atoms with Crippen molar-refractivity contribution >= 4 is 17.3 Å². The first-order valence-electron chi connectivity index (χ1n) is 4.91. The fraction of sp³-hybridized carbons (Fsp3) is 0.600. The number of thiazole rings is 1. The van der Waals surface area contributed by atoms with E-state index in [1.807, 2.05) is 12.3 Å². The van der Waals surface area contributed by atoms with Gasteiger partial charge in [0.15, 0.2) is 0 Å². The number of nitrogens with zero attached hydrogens (tertiary/aromatic N) is 1. The van der Waals surface area contributed by atoms with Gasteiger partial charge >= 0.3 is 5.97 Å². The second-order valence-electron chi connectivity index (χ2n) is 3.20. The summed E-state index contributed by atoms with van der Waals surface area (Å²) in [7, 11) is 1.38. The van der Waals surface area contributed by atoms with Crippen molar-refractivity contribution in [2.24, 2.45) is 0 Å². The van der Waals surface area contributed by atoms with Gasteiger partial charge in [-0.2, -0.15) is 0 Å². The van der Waals surface area contributed by atoms with Gasteiger partial charge in [-0.1, -0.05) is 6.92 Å². The molecule has 0 aromatic carbocycles. The zero-order chi connectivity index (χ0) is 11.3. The minimum atomic E-state index is -0.257. The molecule has 0 saturated heterocycles. The topological polar surface area (TPSA) is 51.2 Å². The molecule has 15 heavy (non-hydrogen) atoms. The number of rotatable bonds is 5. The molecule has 4 nitrogen and oxygen atoms in total. The molecule has 0 aliphatic heterocycles. The van der Waals surface area contributed by atoms with Crippen LogP contribution in [-0.4, -0.2) is 24.6 Å². The number of hydrogen-bond acceptors (Lipinski definition) is 5. The van der Waals surface area contributed by atoms with E-state index in [1.54, 1.807) is 11.3 Å². The third-order valence-corrected chi connectivity index (χ3v) is 3.11. The Balaban J connectivity index is 2.46. The van der Waals surface area contributed by atoms with E-state index in [4.69, 9.17) is 0 Å². The number of carbonyl (C=O) groups excluding carboxylic acids is 1. The summed E-state index contributed by atoms with van der Waals surface area (Å²) < 4.78 is 4.54. The predicted octanol–water partition coefficient (Wildman–Crippen LogP) is 1.53. The lowest BCUT2D eigenvalue weighted by molar-refractivity contribution is -0.139. The Bertz CT molecular complexity index is 325. The van der Waals surface area contributed by atoms with E-state index >= 15 is 0 Å². The molecule has 1 rings (SSSR count). The van der Waals surface area contributed by atoms with Gasteiger partial charge < -0.3 is 4.74 Å². The summed E-state index contributed by atoms with van der Waals surface area (Å²) in [5.74, 6) is -0.257. The van der Waals surface area contributed by atoms with Gasteiger partial charge in [-0.15, -0.1) is 11.3 Å². The average Bonchev–Trinajstić information content (AvgIpc) is 2.73. The van der Waals surface area contributed by atoms with Crippen LogP contribution in [0, 0.1) is 0 Å². The second kappa shape index (κ2) is 5.82. The fourth-order valence-electron chi connectivity index (χ4n) is 1.10. The first-order chi connectivity index (χ1) is 7.17. The van der Waals surface area contributed by atoms with Crippen LogP contribution >= 0.6 is 11.3 Å². The van der Waals surface area contributed by atoms with Crippen molar-refractivity contribution in [2.75, 3.05) is 13.7 Å². The van der Waals surface area contributed by atoms with Crippen LogP contribution in [0.15, 0.2) is 5.38 Å². The van der Waals surface area contributed by atoms with Gasteiger partial charge in [0.1, 0.15) is 0 Å². The molecule has 0 saturated carbocycles. The third-order valence-electron chi connectivity index (χ3n) is 2.10. The van der Waals surface area contributed by atoms with Gasteiger partial charge in [-0.3, -0.25) is 10.1 Å². The first kappa shape index (κ1) is 12.1. The lowest BCUT2D eigenvalue weighted by atomic mass is 10.2. The Morgan fingerprint density at radius 2 is 2.47 bits per heavy atom. The van der Waals surface area contributed by atoms with Gasteiger partial charge in [0.2, 0.25) is 0 Å². The Morgan fingerprint density at radius 3 is 3.00 bits per heavy atom. The minimum absolute atomic E-state index is 0.0839. The van der Waals surface area contributed by atoms with Crippen LogP contribution in [0.5, 0.6) is 0 Å². The monoisotopic (exact) mass is 228 g/mol. The zero-order valence-corrected chi connectivity index (χ0v) is 10.1. The molecule has 0 fully saturated rings. The lowest BCUT2D eigenvalue weighted by Crippen LogP contribution is -2.26. The van der Waals surface area contributed by atoms with Crippen LogP contribution in [0.1, 0.15) is 30.6 Å². The normalized spacial score (nSPS) is 12.5. The summed E-state index contributed by atoms with van der Waals surface area (Å²) in [5.41, 5.74) is 0.987. The maximum atomic E-state index is 10.9. The Hall–Kier alpha value is -0.940. The van der Waals surface area contributed by atoms with Gasteiger partial charge in [0, 0.05) is 11.4 Å². The van der Waals surface area contributed by atoms with Gasteiger partial charge in [-0.25, -0.2) is 4.98 Å². The highest BCUT2D eigenvalue weighted by Gasteiger charge is 2.10. The molecule has 0 spiro atoms. The van der Waals surface area contributed by atoms with Crippen LogP contribution in [0.2, 0.25) is 0 Å². The molecular formula is C10H16N2O2S. The average molecular weight is 228 g/mol. The van der Waals surface area contributed by atoms with E-state index in [9.17, 15) is 4.79 Å². The summed E-state index contributed by atoms with van der Waals surface area (Å²) in [6.07, 6.45) is 0.953. The summed E-state index contributed by atoms with van der Waals surface area (Å²) >= 11 is 1.65. The highest BCUT2D eigenvalue weighted by Crippen LogP contribution is 2.16. The van der Waals surface area contributed by atoms with Crippen molar-refractivity contribution in [3.8, 4) is 0 Å². The highest BCUT2D eigenvalue weighted by molar-refractivity contribution is 7.09. The Morgan fingerprint density at radius 1 is 1.73 bits per heavy atom. The number of esters is 1. The number of aryl methyl sites for hydroxylation is 1. The van der Waals surface area contributed by atoms with Crippen LogP contribution in [0.3, 0.4) is 0 Å². The number of nitrogens with one attached hydrogen (secondary N) is 1. The third kappa shape index (κ3) is 3.60. The number of ether oxygens (including phenoxy) is 1. The van der Waals surface area contributed by atoms with Gasteiger partial charge in [0.25, 0.3) is 0 Å². The molecular weight excluding hydrogens is 212 g/mol. The Labute approximate surface area is 93.7 Å². The van der Waals surface area contributed by atoms with Crippen LogP contribution in [0.25, 0.3) is 0 Å². The van der Waals surface area contributed by atoms with Gasteiger partial charge in [-0.05, 0) is 13.3 Å². The fourth-order valence-corrected chi connectivity index (χ4v) is 1.94. The van der Waals surface area contributed by atoms with Crippen molar-refractivity contribution in [3.63, 3.8) is 0 Å². The SMILES string of the molecule is CCc1nc(C(C)NCC(=O)OC)cs1. The largest absolute Gasteiger partial charge is 0.468 e. The summed E-state index contributed by atoms with van der Waals surface area (Å²) in [4.78, 5) is 15.3. The number of hydrogen-bond donors (Lipinski definition) is 1. The molecule has 1 unspecified atom stereocenters. The molecule has 0 radical (unpaired) electrons. The van der Waals surface area contributed by atoms with Gasteiger partial charge in [0.05, 0.1) is 24.4 Å². The molecule has 1 aromatic heterocycles. The lowest BCUT2D eigenvalue weighted by Gasteiger charge is -2.09. The smallest absolute Gasteiger partial charge is 0.319 e. The van der Waals surface area contributed by atoms with Crippen LogP contribution in [0.4, 0.5) is 0 Å². The summed E-state index contributed by atoms with van der Waals surface area (Å²) in [6, 6.07) is 0.0839. The number of carbonyl (C=O) groups is 1. The van der Waals surface area contributed by atoms with Crippen LogP contribution in [-0.2, 0) is 16.0 Å². The van der Waals surface area contributed by atoms with E-state index in [0.29, 0.717) is 0 Å². The highest BCUT2D eigenvalue weighted by atomic mass is 32.1. The molecule has 0 bridgehead atoms. The molecule has 0 aliphatic carbocycles.